The number of sulfone groups is 1. The quantitative estimate of drug-likeness (QED) is 0.475. The fourth-order valence-corrected chi connectivity index (χ4v) is 4.01. The van der Waals surface area contributed by atoms with E-state index in [-0.39, 0.29) is 5.60 Å². The first-order valence-electron chi connectivity index (χ1n) is 10.5. The van der Waals surface area contributed by atoms with E-state index in [2.05, 4.69) is 33.8 Å². The average molecular weight is 446 g/mol. The maximum Gasteiger partial charge on any atom is 0.191 e. The van der Waals surface area contributed by atoms with Crippen molar-refractivity contribution in [2.24, 2.45) is 4.99 Å². The molecule has 0 aliphatic rings. The van der Waals surface area contributed by atoms with Gasteiger partial charge >= 0.3 is 0 Å². The molecule has 0 spiro atoms. The minimum atomic E-state index is -3.21. The van der Waals surface area contributed by atoms with Crippen LogP contribution < -0.4 is 10.6 Å². The van der Waals surface area contributed by atoms with Gasteiger partial charge in [0.05, 0.1) is 23.6 Å². The first-order valence-corrected chi connectivity index (χ1v) is 12.4. The molecule has 2 rings (SSSR count). The summed E-state index contributed by atoms with van der Waals surface area (Å²) in [5, 5.41) is 6.57. The highest BCUT2D eigenvalue weighted by molar-refractivity contribution is 7.90. The van der Waals surface area contributed by atoms with Crippen LogP contribution in [0.1, 0.15) is 49.9 Å². The molecular weight excluding hydrogens is 410 g/mol. The predicted molar refractivity (Wildman–Crippen MR) is 127 cm³/mol. The van der Waals surface area contributed by atoms with Crippen LogP contribution in [0, 0.1) is 6.92 Å². The Balaban J connectivity index is 2.03. The van der Waals surface area contributed by atoms with Crippen molar-refractivity contribution in [2.75, 3.05) is 12.8 Å². The van der Waals surface area contributed by atoms with Crippen molar-refractivity contribution in [3.63, 3.8) is 0 Å². The number of hydrogen-bond donors (Lipinski definition) is 2. The van der Waals surface area contributed by atoms with Crippen molar-refractivity contribution < 1.29 is 13.2 Å². The minimum Gasteiger partial charge on any atom is -0.371 e. The summed E-state index contributed by atoms with van der Waals surface area (Å²) in [6.45, 7) is 12.4. The second-order valence-corrected chi connectivity index (χ2v) is 10.6. The fourth-order valence-electron chi connectivity index (χ4n) is 3.05. The minimum absolute atomic E-state index is 0.172. The number of hydrogen-bond acceptors (Lipinski definition) is 4. The van der Waals surface area contributed by atoms with Crippen molar-refractivity contribution in [1.82, 2.24) is 10.6 Å². The number of guanidine groups is 1. The molecule has 2 aromatic carbocycles. The van der Waals surface area contributed by atoms with Gasteiger partial charge in [-0.2, -0.15) is 0 Å². The van der Waals surface area contributed by atoms with Crippen LogP contribution in [0.25, 0.3) is 0 Å². The molecule has 0 fully saturated rings. The van der Waals surface area contributed by atoms with Gasteiger partial charge in [0.2, 0.25) is 0 Å². The van der Waals surface area contributed by atoms with Crippen molar-refractivity contribution in [3.05, 3.63) is 64.7 Å². The molecule has 0 bridgehead atoms. The van der Waals surface area contributed by atoms with Crippen LogP contribution in [0.4, 0.5) is 0 Å². The van der Waals surface area contributed by atoms with Crippen molar-refractivity contribution in [1.29, 1.82) is 0 Å². The molecule has 0 radical (unpaired) electrons. The van der Waals surface area contributed by atoms with Gasteiger partial charge in [-0.1, -0.05) is 36.4 Å². The lowest BCUT2D eigenvalue weighted by Gasteiger charge is -2.19. The largest absolute Gasteiger partial charge is 0.371 e. The maximum absolute atomic E-state index is 11.8. The molecule has 0 aromatic heterocycles. The summed E-state index contributed by atoms with van der Waals surface area (Å²) in [5.74, 6) is 0.712. The Bertz CT molecular complexity index is 1010. The van der Waals surface area contributed by atoms with Gasteiger partial charge in [0.25, 0.3) is 0 Å². The molecule has 0 atom stereocenters. The zero-order valence-corrected chi connectivity index (χ0v) is 20.3. The molecule has 2 aromatic rings. The van der Waals surface area contributed by atoms with Gasteiger partial charge in [-0.15, -0.1) is 0 Å². The van der Waals surface area contributed by atoms with Crippen LogP contribution in [0.15, 0.2) is 52.4 Å². The Hall–Kier alpha value is -2.38. The fraction of sp³-hybridized carbons (Fsp3) is 0.458. The standard InChI is InChI=1S/C24H35N3O3S/c1-7-25-23(27-16-20-11-12-22(18(2)13-20)31(6,28)29)26-15-19-9-8-10-21(14-19)17-30-24(3,4)5/h8-14H,7,15-17H2,1-6H3,(H2,25,26,27). The lowest BCUT2D eigenvalue weighted by Crippen LogP contribution is -2.36. The van der Waals surface area contributed by atoms with Crippen LogP contribution in [0.3, 0.4) is 0 Å². The number of nitrogens with one attached hydrogen (secondary N) is 2. The van der Waals surface area contributed by atoms with Gasteiger partial charge < -0.3 is 15.4 Å². The maximum atomic E-state index is 11.8. The highest BCUT2D eigenvalue weighted by Crippen LogP contribution is 2.17. The van der Waals surface area contributed by atoms with Crippen LogP contribution in [-0.2, 0) is 34.3 Å². The van der Waals surface area contributed by atoms with E-state index >= 15 is 0 Å². The van der Waals surface area contributed by atoms with Gasteiger partial charge in [-0.25, -0.2) is 13.4 Å². The highest BCUT2D eigenvalue weighted by atomic mass is 32.2. The van der Waals surface area contributed by atoms with Crippen molar-refractivity contribution in [3.8, 4) is 0 Å². The Morgan fingerprint density at radius 1 is 1.03 bits per heavy atom. The lowest BCUT2D eigenvalue weighted by atomic mass is 10.1. The second kappa shape index (κ2) is 10.8. The normalized spacial score (nSPS) is 12.6. The Morgan fingerprint density at radius 3 is 2.35 bits per heavy atom. The summed E-state index contributed by atoms with van der Waals surface area (Å²) < 4.78 is 29.5. The van der Waals surface area contributed by atoms with E-state index < -0.39 is 9.84 Å². The Morgan fingerprint density at radius 2 is 1.74 bits per heavy atom. The highest BCUT2D eigenvalue weighted by Gasteiger charge is 2.11. The number of aliphatic imine (C=N–C) groups is 1. The van der Waals surface area contributed by atoms with Gasteiger partial charge in [0.15, 0.2) is 15.8 Å². The van der Waals surface area contributed by atoms with Crippen LogP contribution >= 0.6 is 0 Å². The van der Waals surface area contributed by atoms with E-state index in [1.54, 1.807) is 6.07 Å². The molecule has 0 saturated carbocycles. The number of nitrogens with zero attached hydrogens (tertiary/aromatic N) is 1. The molecule has 6 nitrogen and oxygen atoms in total. The summed E-state index contributed by atoms with van der Waals surface area (Å²) in [6, 6.07) is 13.7. The van der Waals surface area contributed by atoms with E-state index in [0.29, 0.717) is 30.6 Å². The SMILES string of the molecule is CCNC(=NCc1cccc(COC(C)(C)C)c1)NCc1ccc(S(C)(=O)=O)c(C)c1. The molecular formula is C24H35N3O3S. The molecule has 0 amide bonds. The summed E-state index contributed by atoms with van der Waals surface area (Å²) in [6.07, 6.45) is 1.23. The average Bonchev–Trinajstić information content (AvgIpc) is 2.67. The third-order valence-electron chi connectivity index (χ3n) is 4.53. The third-order valence-corrected chi connectivity index (χ3v) is 5.78. The van der Waals surface area contributed by atoms with E-state index in [1.165, 1.54) is 6.26 Å². The molecule has 0 saturated heterocycles. The molecule has 0 heterocycles. The molecule has 0 aliphatic heterocycles. The summed E-state index contributed by atoms with van der Waals surface area (Å²) in [7, 11) is -3.21. The molecule has 7 heteroatoms. The number of rotatable bonds is 8. The van der Waals surface area contributed by atoms with E-state index in [0.717, 1.165) is 28.8 Å². The summed E-state index contributed by atoms with van der Waals surface area (Å²) >= 11 is 0. The monoisotopic (exact) mass is 445 g/mol. The third kappa shape index (κ3) is 8.71. The number of ether oxygens (including phenoxy) is 1. The molecule has 31 heavy (non-hydrogen) atoms. The van der Waals surface area contributed by atoms with Crippen molar-refractivity contribution >= 4 is 15.8 Å². The number of aryl methyl sites for hydroxylation is 1. The van der Waals surface area contributed by atoms with E-state index in [9.17, 15) is 8.42 Å². The van der Waals surface area contributed by atoms with E-state index in [4.69, 9.17) is 4.74 Å². The van der Waals surface area contributed by atoms with Gasteiger partial charge in [-0.3, -0.25) is 0 Å². The smallest absolute Gasteiger partial charge is 0.191 e. The van der Waals surface area contributed by atoms with E-state index in [1.807, 2.05) is 52.8 Å². The topological polar surface area (TPSA) is 79.8 Å². The number of benzene rings is 2. The molecule has 0 aliphatic carbocycles. The first kappa shape index (κ1) is 24.9. The zero-order valence-electron chi connectivity index (χ0n) is 19.5. The molecule has 2 N–H and O–H groups in total. The van der Waals surface area contributed by atoms with Gasteiger partial charge in [-0.05, 0) is 62.9 Å². The predicted octanol–water partition coefficient (Wildman–Crippen LogP) is 3.97. The Kier molecular flexibility index (Phi) is 8.65. The second-order valence-electron chi connectivity index (χ2n) is 8.64. The summed E-state index contributed by atoms with van der Waals surface area (Å²) in [4.78, 5) is 5.05. The van der Waals surface area contributed by atoms with Crippen LogP contribution in [0.5, 0.6) is 0 Å². The lowest BCUT2D eigenvalue weighted by molar-refractivity contribution is -0.0149. The molecule has 0 unspecified atom stereocenters. The van der Waals surface area contributed by atoms with Gasteiger partial charge in [0, 0.05) is 19.3 Å². The zero-order chi connectivity index (χ0) is 23.1. The first-order chi connectivity index (χ1) is 14.5. The van der Waals surface area contributed by atoms with Gasteiger partial charge in [0.1, 0.15) is 0 Å². The summed E-state index contributed by atoms with van der Waals surface area (Å²) in [5.41, 5.74) is 3.81. The Labute approximate surface area is 187 Å². The van der Waals surface area contributed by atoms with Crippen molar-refractivity contribution in [2.45, 2.75) is 64.8 Å². The molecule has 170 valence electrons. The van der Waals surface area contributed by atoms with Crippen LogP contribution in [0.2, 0.25) is 0 Å². The van der Waals surface area contributed by atoms with Crippen LogP contribution in [-0.4, -0.2) is 32.8 Å².